The molecular weight excluding hydrogens is 785 g/mol. The first-order valence-corrected chi connectivity index (χ1v) is 23.2. The highest BCUT2D eigenvalue weighted by molar-refractivity contribution is 6.12. The second-order valence-corrected chi connectivity index (χ2v) is 20.1. The third kappa shape index (κ3) is 5.11. The van der Waals surface area contributed by atoms with Gasteiger partial charge < -0.3 is 9.47 Å². The molecule has 0 atom stereocenters. The van der Waals surface area contributed by atoms with Gasteiger partial charge >= 0.3 is 0 Å². The number of nitrogens with zero attached hydrogens (tertiary/aromatic N) is 2. The Balaban J connectivity index is 1.13. The highest BCUT2D eigenvalue weighted by Gasteiger charge is 2.41. The Kier molecular flexibility index (Phi) is 7.80. The van der Waals surface area contributed by atoms with Crippen LogP contribution in [0.15, 0.2) is 194 Å². The van der Waals surface area contributed by atoms with Crippen LogP contribution in [0.2, 0.25) is 0 Å². The summed E-state index contributed by atoms with van der Waals surface area (Å²) < 4.78 is 2.60. The molecule has 3 aliphatic rings. The number of hydrogen-bond acceptors (Lipinski definition) is 1. The second-order valence-electron chi connectivity index (χ2n) is 20.1. The first kappa shape index (κ1) is 38.1. The summed E-state index contributed by atoms with van der Waals surface area (Å²) in [6, 6.07) is 73.3. The molecule has 2 heteroatoms. The van der Waals surface area contributed by atoms with Crippen molar-refractivity contribution in [1.82, 2.24) is 4.57 Å². The quantitative estimate of drug-likeness (QED) is 0.168. The molecule has 0 fully saturated rings. The largest absolute Gasteiger partial charge is 0.310 e. The van der Waals surface area contributed by atoms with E-state index in [1.807, 2.05) is 0 Å². The van der Waals surface area contributed by atoms with E-state index >= 15 is 0 Å². The van der Waals surface area contributed by atoms with Crippen LogP contribution in [0.4, 0.5) is 17.1 Å². The minimum Gasteiger partial charge on any atom is -0.310 e. The molecule has 312 valence electrons. The van der Waals surface area contributed by atoms with Gasteiger partial charge in [0.15, 0.2) is 0 Å². The summed E-state index contributed by atoms with van der Waals surface area (Å²) >= 11 is 0. The van der Waals surface area contributed by atoms with E-state index in [1.165, 1.54) is 111 Å². The smallest absolute Gasteiger partial charge is 0.0622 e. The van der Waals surface area contributed by atoms with E-state index in [0.717, 1.165) is 11.4 Å². The number of para-hydroxylation sites is 1. The molecule has 0 unspecified atom stereocenters. The Bertz CT molecular complexity index is 3630. The zero-order valence-electron chi connectivity index (χ0n) is 37.9. The molecule has 0 saturated carbocycles. The molecule has 0 spiro atoms. The van der Waals surface area contributed by atoms with E-state index in [0.29, 0.717) is 0 Å². The van der Waals surface area contributed by atoms with Crippen LogP contribution in [-0.2, 0) is 16.2 Å². The molecule has 0 bridgehead atoms. The molecule has 13 rings (SSSR count). The van der Waals surface area contributed by atoms with Crippen LogP contribution < -0.4 is 4.90 Å². The Labute approximate surface area is 382 Å². The van der Waals surface area contributed by atoms with Gasteiger partial charge in [-0.15, -0.1) is 0 Å². The number of aromatic nitrogens is 1. The average molecular weight is 835 g/mol. The van der Waals surface area contributed by atoms with Crippen molar-refractivity contribution in [2.75, 3.05) is 4.90 Å². The van der Waals surface area contributed by atoms with Gasteiger partial charge in [0.2, 0.25) is 0 Å². The van der Waals surface area contributed by atoms with E-state index in [1.54, 1.807) is 0 Å². The van der Waals surface area contributed by atoms with E-state index in [4.69, 9.17) is 0 Å². The van der Waals surface area contributed by atoms with Gasteiger partial charge in [0.25, 0.3) is 0 Å². The number of fused-ring (bicyclic) bond motifs is 12. The summed E-state index contributed by atoms with van der Waals surface area (Å²) in [5, 5.41) is 2.48. The predicted molar refractivity (Wildman–Crippen MR) is 274 cm³/mol. The van der Waals surface area contributed by atoms with Crippen molar-refractivity contribution in [2.45, 2.75) is 57.8 Å². The van der Waals surface area contributed by atoms with Gasteiger partial charge in [0, 0.05) is 55.1 Å². The molecule has 0 radical (unpaired) electrons. The zero-order chi connectivity index (χ0) is 44.0. The molecule has 0 saturated heterocycles. The Morgan fingerprint density at radius 1 is 0.338 bits per heavy atom. The van der Waals surface area contributed by atoms with Crippen molar-refractivity contribution >= 4 is 38.9 Å². The summed E-state index contributed by atoms with van der Waals surface area (Å²) in [5.74, 6) is 0. The third-order valence-electron chi connectivity index (χ3n) is 15.6. The van der Waals surface area contributed by atoms with Crippen molar-refractivity contribution in [3.05, 3.63) is 228 Å². The lowest BCUT2D eigenvalue weighted by atomic mass is 9.82. The molecule has 3 aliphatic carbocycles. The lowest BCUT2D eigenvalue weighted by molar-refractivity contribution is 0.660. The third-order valence-corrected chi connectivity index (χ3v) is 15.6. The van der Waals surface area contributed by atoms with Crippen LogP contribution in [0.25, 0.3) is 72.0 Å². The summed E-state index contributed by atoms with van der Waals surface area (Å²) in [6.45, 7) is 14.3. The maximum atomic E-state index is 2.60. The summed E-state index contributed by atoms with van der Waals surface area (Å²) in [5.41, 5.74) is 25.2. The van der Waals surface area contributed by atoms with Gasteiger partial charge in [0.1, 0.15) is 0 Å². The molecule has 1 aromatic heterocycles. The number of benzene rings is 9. The van der Waals surface area contributed by atoms with Crippen molar-refractivity contribution in [1.29, 1.82) is 0 Å². The fourth-order valence-electron chi connectivity index (χ4n) is 12.4. The van der Waals surface area contributed by atoms with Gasteiger partial charge in [-0.05, 0) is 97.6 Å². The minimum atomic E-state index is -0.157. The fourth-order valence-corrected chi connectivity index (χ4v) is 12.4. The maximum absolute atomic E-state index is 2.60. The predicted octanol–water partition coefficient (Wildman–Crippen LogP) is 16.8. The number of rotatable bonds is 5. The molecule has 0 aliphatic heterocycles. The Morgan fingerprint density at radius 2 is 0.846 bits per heavy atom. The number of anilines is 3. The molecule has 65 heavy (non-hydrogen) atoms. The molecule has 0 N–H and O–H groups in total. The van der Waals surface area contributed by atoms with Crippen LogP contribution >= 0.6 is 0 Å². The van der Waals surface area contributed by atoms with Gasteiger partial charge in [-0.1, -0.05) is 199 Å². The molecule has 0 amide bonds. The van der Waals surface area contributed by atoms with Crippen LogP contribution in [0.5, 0.6) is 0 Å². The molecule has 10 aromatic rings. The highest BCUT2D eigenvalue weighted by Crippen LogP contribution is 2.57. The first-order chi connectivity index (χ1) is 31.5. The second kappa shape index (κ2) is 13.3. The minimum absolute atomic E-state index is 0.142. The van der Waals surface area contributed by atoms with Gasteiger partial charge in [-0.3, -0.25) is 0 Å². The van der Waals surface area contributed by atoms with Crippen LogP contribution in [0.3, 0.4) is 0 Å². The van der Waals surface area contributed by atoms with Crippen LogP contribution in [-0.4, -0.2) is 4.57 Å². The molecule has 2 nitrogen and oxygen atoms in total. The normalized spacial score (nSPS) is 15.3. The standard InChI is InChI=1S/C63H50N2/c1-61(2)50-26-15-11-23-47(50)58-52(61)28-18-30-56(58)64(40-31-33-44-43-21-10-14-25-49(43)63(5,6)54(44)37-40)41-32-34-46-45-22-13-17-29-55(45)65(57(46)38-41)60-42(39-19-8-7-9-20-39)35-36-53-59(60)48-24-12-16-27-51(48)62(53,3)4/h7-38H,1-6H3. The summed E-state index contributed by atoms with van der Waals surface area (Å²) in [7, 11) is 0. The van der Waals surface area contributed by atoms with E-state index < -0.39 is 0 Å². The van der Waals surface area contributed by atoms with Crippen LogP contribution in [0.1, 0.15) is 74.9 Å². The van der Waals surface area contributed by atoms with E-state index in [9.17, 15) is 0 Å². The lowest BCUT2D eigenvalue weighted by Crippen LogP contribution is -2.17. The van der Waals surface area contributed by atoms with Crippen molar-refractivity contribution in [2.24, 2.45) is 0 Å². The zero-order valence-corrected chi connectivity index (χ0v) is 37.9. The fraction of sp³-hybridized carbons (Fsp3) is 0.143. The molecular formula is C63H50N2. The molecule has 9 aromatic carbocycles. The summed E-state index contributed by atoms with van der Waals surface area (Å²) in [4.78, 5) is 2.56. The highest BCUT2D eigenvalue weighted by atomic mass is 15.1. The van der Waals surface area contributed by atoms with Crippen LogP contribution in [0, 0.1) is 0 Å². The summed E-state index contributed by atoms with van der Waals surface area (Å²) in [6.07, 6.45) is 0. The van der Waals surface area contributed by atoms with E-state index in [2.05, 4.69) is 245 Å². The Morgan fingerprint density at radius 3 is 1.58 bits per heavy atom. The molecule has 1 heterocycles. The van der Waals surface area contributed by atoms with E-state index in [-0.39, 0.29) is 16.2 Å². The monoisotopic (exact) mass is 834 g/mol. The average Bonchev–Trinajstić information content (AvgIpc) is 3.95. The Hall–Kier alpha value is -7.42. The van der Waals surface area contributed by atoms with Crippen molar-refractivity contribution in [3.8, 4) is 50.2 Å². The lowest BCUT2D eigenvalue weighted by Gasteiger charge is -2.30. The van der Waals surface area contributed by atoms with Crippen molar-refractivity contribution < 1.29 is 0 Å². The van der Waals surface area contributed by atoms with Gasteiger partial charge in [-0.25, -0.2) is 0 Å². The number of hydrogen-bond donors (Lipinski definition) is 0. The topological polar surface area (TPSA) is 8.17 Å². The van der Waals surface area contributed by atoms with Gasteiger partial charge in [0.05, 0.1) is 22.4 Å². The van der Waals surface area contributed by atoms with Crippen molar-refractivity contribution in [3.63, 3.8) is 0 Å². The first-order valence-electron chi connectivity index (χ1n) is 23.2. The maximum Gasteiger partial charge on any atom is 0.0622 e. The SMILES string of the molecule is CC1(C)c2ccccc2-c2ccc(N(c3ccc4c5ccccc5n(-c5c(-c6ccccc6)ccc6c5-c5ccccc5C6(C)C)c4c3)c3cccc4c3-c3ccccc3C4(C)C)cc21. The van der Waals surface area contributed by atoms with Gasteiger partial charge in [-0.2, -0.15) is 0 Å².